The van der Waals surface area contributed by atoms with Gasteiger partial charge < -0.3 is 14.9 Å². The van der Waals surface area contributed by atoms with Crippen LogP contribution in [0.2, 0.25) is 0 Å². The van der Waals surface area contributed by atoms with E-state index in [0.717, 1.165) is 9.87 Å². The number of rotatable bonds is 9. The molecule has 6 nitrogen and oxygen atoms in total. The summed E-state index contributed by atoms with van der Waals surface area (Å²) in [7, 11) is -3.90. The van der Waals surface area contributed by atoms with Crippen molar-refractivity contribution in [3.05, 3.63) is 0 Å². The average molecular weight is 353 g/mol. The van der Waals surface area contributed by atoms with E-state index in [2.05, 4.69) is 16.1 Å². The lowest BCUT2D eigenvalue weighted by molar-refractivity contribution is -0.140. The molecule has 0 aromatic carbocycles. The van der Waals surface area contributed by atoms with Crippen molar-refractivity contribution in [1.29, 1.82) is 0 Å². The summed E-state index contributed by atoms with van der Waals surface area (Å²) in [4.78, 5) is 28.0. The van der Waals surface area contributed by atoms with Crippen LogP contribution in [0.15, 0.2) is 0 Å². The molecule has 1 atom stereocenters. The molecule has 0 aromatic heterocycles. The first kappa shape index (κ1) is 17.4. The largest absolute Gasteiger partial charge is 0.480 e. The summed E-state index contributed by atoms with van der Waals surface area (Å²) in [5.41, 5.74) is 0. The normalized spacial score (nSPS) is 13.9. The van der Waals surface area contributed by atoms with Crippen LogP contribution in [-0.2, 0) is 9.36 Å². The Morgan fingerprint density at radius 1 is 1.29 bits per heavy atom. The molecule has 0 bridgehead atoms. The number of carbonyl (C=O) groups is 1. The Labute approximate surface area is 114 Å². The third-order valence-electron chi connectivity index (χ3n) is 2.20. The van der Waals surface area contributed by atoms with Crippen LogP contribution >= 0.6 is 35.5 Å². The number of hydrogen-bond donors (Lipinski definition) is 3. The lowest BCUT2D eigenvalue weighted by Gasteiger charge is -2.14. The van der Waals surface area contributed by atoms with E-state index in [9.17, 15) is 9.36 Å². The van der Waals surface area contributed by atoms with Crippen molar-refractivity contribution in [2.75, 3.05) is 6.16 Å². The number of nitrogens with zero attached hydrogens (tertiary/aromatic N) is 1. The fourth-order valence-corrected chi connectivity index (χ4v) is 2.51. The van der Waals surface area contributed by atoms with Gasteiger partial charge in [-0.25, -0.2) is 0 Å². The highest BCUT2D eigenvalue weighted by Crippen LogP contribution is 2.35. The van der Waals surface area contributed by atoms with E-state index in [0.29, 0.717) is 25.7 Å². The minimum absolute atomic E-state index is 0.116. The van der Waals surface area contributed by atoms with E-state index < -0.39 is 19.6 Å². The molecule has 0 fully saturated rings. The minimum atomic E-state index is -3.90. The zero-order valence-corrected chi connectivity index (χ0v) is 12.4. The van der Waals surface area contributed by atoms with Crippen molar-refractivity contribution in [2.45, 2.75) is 38.1 Å². The number of unbranched alkanes of at least 4 members (excludes halogenated alkanes) is 3. The van der Waals surface area contributed by atoms with E-state index in [1.165, 1.54) is 0 Å². The van der Waals surface area contributed by atoms with Gasteiger partial charge in [-0.2, -0.15) is 0 Å². The molecule has 0 aromatic rings. The van der Waals surface area contributed by atoms with E-state index in [-0.39, 0.29) is 6.16 Å². The number of carboxylic acids is 1. The highest BCUT2D eigenvalue weighted by molar-refractivity contribution is 9.08. The fraction of sp³-hybridized carbons (Fsp3) is 0.875. The molecule has 0 amide bonds. The lowest BCUT2D eigenvalue weighted by Crippen LogP contribution is -2.28. The Kier molecular flexibility index (Phi) is 8.63. The van der Waals surface area contributed by atoms with Crippen LogP contribution < -0.4 is 0 Å². The van der Waals surface area contributed by atoms with Gasteiger partial charge in [0.15, 0.2) is 0 Å². The van der Waals surface area contributed by atoms with Gasteiger partial charge in [-0.3, -0.25) is 9.36 Å². The van der Waals surface area contributed by atoms with E-state index in [1.807, 2.05) is 0 Å². The molecule has 1 unspecified atom stereocenters. The summed E-state index contributed by atoms with van der Waals surface area (Å²) < 4.78 is 11.5. The standard InChI is InChI=1S/C8H16BrClNO5P/c9-11(10)7(8(12)13)5-3-1-2-4-6-17(14,15)16/h7H,1-6H2,(H,12,13)(H2,14,15,16). The molecule has 0 saturated carbocycles. The van der Waals surface area contributed by atoms with Gasteiger partial charge in [0.25, 0.3) is 0 Å². The van der Waals surface area contributed by atoms with Crippen LogP contribution in [0.25, 0.3) is 0 Å². The van der Waals surface area contributed by atoms with Gasteiger partial charge in [0.1, 0.15) is 6.04 Å². The number of halogens is 2. The van der Waals surface area contributed by atoms with Gasteiger partial charge in [-0.05, 0) is 24.6 Å². The third-order valence-corrected chi connectivity index (χ3v) is 3.83. The van der Waals surface area contributed by atoms with Gasteiger partial charge in [0, 0.05) is 22.3 Å². The second-order valence-electron chi connectivity index (χ2n) is 3.70. The Balaban J connectivity index is 3.63. The molecule has 0 aliphatic carbocycles. The summed E-state index contributed by atoms with van der Waals surface area (Å²) in [6.07, 6.45) is 2.76. The van der Waals surface area contributed by atoms with Crippen molar-refractivity contribution in [3.63, 3.8) is 0 Å². The van der Waals surface area contributed by atoms with Crippen LogP contribution in [0.5, 0.6) is 0 Å². The number of aliphatic carboxylic acids is 1. The van der Waals surface area contributed by atoms with Crippen LogP contribution in [0.4, 0.5) is 0 Å². The van der Waals surface area contributed by atoms with Crippen molar-refractivity contribution in [2.24, 2.45) is 0 Å². The van der Waals surface area contributed by atoms with Crippen molar-refractivity contribution in [3.8, 4) is 0 Å². The molecule has 0 saturated heterocycles. The predicted octanol–water partition coefficient (Wildman–Crippen LogP) is 2.33. The maximum absolute atomic E-state index is 10.7. The molecule has 0 aliphatic rings. The van der Waals surface area contributed by atoms with Gasteiger partial charge in [0.2, 0.25) is 0 Å². The SMILES string of the molecule is O=C(O)C(CCCCCCP(=O)(O)O)N(Cl)Br. The first-order valence-electron chi connectivity index (χ1n) is 5.12. The highest BCUT2D eigenvalue weighted by Gasteiger charge is 2.22. The summed E-state index contributed by atoms with van der Waals surface area (Å²) in [6.45, 7) is 0. The second kappa shape index (κ2) is 8.45. The smallest absolute Gasteiger partial charge is 0.325 e. The van der Waals surface area contributed by atoms with Crippen molar-refractivity contribution >= 4 is 41.5 Å². The molecule has 0 rings (SSSR count). The van der Waals surface area contributed by atoms with Crippen LogP contribution in [-0.4, -0.2) is 36.5 Å². The number of hydrogen-bond acceptors (Lipinski definition) is 3. The summed E-state index contributed by atoms with van der Waals surface area (Å²) >= 11 is 8.37. The molecule has 102 valence electrons. The van der Waals surface area contributed by atoms with Gasteiger partial charge in [-0.15, -0.1) is 3.45 Å². The van der Waals surface area contributed by atoms with Crippen LogP contribution in [0.1, 0.15) is 32.1 Å². The van der Waals surface area contributed by atoms with E-state index in [4.69, 9.17) is 26.7 Å². The maximum atomic E-state index is 10.7. The molecule has 3 N–H and O–H groups in total. The molecule has 0 aliphatic heterocycles. The van der Waals surface area contributed by atoms with Gasteiger partial charge in [0.05, 0.1) is 0 Å². The fourth-order valence-electron chi connectivity index (χ4n) is 1.31. The Morgan fingerprint density at radius 2 is 1.82 bits per heavy atom. The quantitative estimate of drug-likeness (QED) is 0.335. The molecular weight excluding hydrogens is 336 g/mol. The summed E-state index contributed by atoms with van der Waals surface area (Å²) in [5.74, 6) is -1.01. The predicted molar refractivity (Wildman–Crippen MR) is 68.0 cm³/mol. The Morgan fingerprint density at radius 3 is 2.24 bits per heavy atom. The molecule has 0 radical (unpaired) electrons. The average Bonchev–Trinajstić information content (AvgIpc) is 2.13. The van der Waals surface area contributed by atoms with Crippen LogP contribution in [0, 0.1) is 0 Å². The summed E-state index contributed by atoms with van der Waals surface area (Å²) in [5, 5.41) is 8.79. The second-order valence-corrected chi connectivity index (χ2v) is 7.02. The Bertz CT molecular complexity index is 285. The highest BCUT2D eigenvalue weighted by atomic mass is 79.9. The Hall–Kier alpha value is 0.350. The maximum Gasteiger partial charge on any atom is 0.325 e. The van der Waals surface area contributed by atoms with Crippen molar-refractivity contribution in [1.82, 2.24) is 3.45 Å². The summed E-state index contributed by atoms with van der Waals surface area (Å²) in [6, 6.07) is -0.793. The topological polar surface area (TPSA) is 98.1 Å². The molecule has 0 spiro atoms. The first-order valence-corrected chi connectivity index (χ1v) is 7.96. The van der Waals surface area contributed by atoms with Crippen molar-refractivity contribution < 1.29 is 24.3 Å². The molecular formula is C8H16BrClNO5P. The first-order chi connectivity index (χ1) is 7.74. The van der Waals surface area contributed by atoms with E-state index >= 15 is 0 Å². The zero-order valence-electron chi connectivity index (χ0n) is 9.13. The van der Waals surface area contributed by atoms with E-state index in [1.54, 1.807) is 0 Å². The monoisotopic (exact) mass is 351 g/mol. The molecule has 0 heterocycles. The number of carboxylic acid groups (broad SMARTS) is 1. The minimum Gasteiger partial charge on any atom is -0.480 e. The van der Waals surface area contributed by atoms with Gasteiger partial charge >= 0.3 is 13.6 Å². The zero-order chi connectivity index (χ0) is 13.5. The van der Waals surface area contributed by atoms with Gasteiger partial charge in [-0.1, -0.05) is 19.3 Å². The lowest BCUT2D eigenvalue weighted by atomic mass is 10.1. The van der Waals surface area contributed by atoms with Crippen LogP contribution in [0.3, 0.4) is 0 Å². The molecule has 9 heteroatoms. The molecule has 17 heavy (non-hydrogen) atoms. The third kappa shape index (κ3) is 10.00.